The van der Waals surface area contributed by atoms with Crippen molar-refractivity contribution in [1.29, 1.82) is 0 Å². The topological polar surface area (TPSA) is 55.8 Å². The van der Waals surface area contributed by atoms with Crippen LogP contribution < -0.4 is 9.47 Å². The number of hydrogen-bond donors (Lipinski definition) is 0. The molecule has 0 spiro atoms. The lowest BCUT2D eigenvalue weighted by Gasteiger charge is -2.25. The molecule has 1 heterocycles. The second kappa shape index (κ2) is 6.41. The first-order valence-electron chi connectivity index (χ1n) is 7.53. The number of rotatable bonds is 4. The van der Waals surface area contributed by atoms with Crippen LogP contribution in [0.4, 0.5) is 4.39 Å². The van der Waals surface area contributed by atoms with E-state index in [1.165, 1.54) is 35.6 Å². The molecule has 7 heteroatoms. The molecule has 0 N–H and O–H groups in total. The van der Waals surface area contributed by atoms with Gasteiger partial charge in [-0.1, -0.05) is 12.1 Å². The van der Waals surface area contributed by atoms with Crippen LogP contribution in [-0.2, 0) is 10.0 Å². The molecule has 24 heavy (non-hydrogen) atoms. The first-order chi connectivity index (χ1) is 11.4. The van der Waals surface area contributed by atoms with Gasteiger partial charge in [0, 0.05) is 19.2 Å². The third-order valence-electron chi connectivity index (χ3n) is 4.09. The first-order valence-corrected chi connectivity index (χ1v) is 8.97. The van der Waals surface area contributed by atoms with Gasteiger partial charge in [-0.05, 0) is 36.8 Å². The zero-order chi connectivity index (χ0) is 17.3. The Hall–Kier alpha value is -2.12. The van der Waals surface area contributed by atoms with E-state index < -0.39 is 16.1 Å². The number of sulfonamides is 1. The highest BCUT2D eigenvalue weighted by molar-refractivity contribution is 7.89. The van der Waals surface area contributed by atoms with Crippen molar-refractivity contribution in [2.75, 3.05) is 20.3 Å². The van der Waals surface area contributed by atoms with E-state index >= 15 is 0 Å². The van der Waals surface area contributed by atoms with E-state index in [9.17, 15) is 12.8 Å². The van der Waals surface area contributed by atoms with Gasteiger partial charge in [-0.25, -0.2) is 12.8 Å². The molecule has 5 nitrogen and oxygen atoms in total. The highest BCUT2D eigenvalue weighted by Gasteiger charge is 2.28. The second-order valence-corrected chi connectivity index (χ2v) is 7.55. The third-order valence-corrected chi connectivity index (χ3v) is 6.01. The van der Waals surface area contributed by atoms with Crippen LogP contribution in [0, 0.1) is 5.82 Å². The van der Waals surface area contributed by atoms with Crippen LogP contribution in [0.25, 0.3) is 0 Å². The molecule has 0 aliphatic carbocycles. The van der Waals surface area contributed by atoms with Crippen molar-refractivity contribution in [3.8, 4) is 11.5 Å². The molecule has 1 aliphatic rings. The molecule has 0 radical (unpaired) electrons. The van der Waals surface area contributed by atoms with Gasteiger partial charge in [0.05, 0.1) is 4.90 Å². The van der Waals surface area contributed by atoms with Crippen molar-refractivity contribution < 1.29 is 22.3 Å². The lowest BCUT2D eigenvalue weighted by atomic mass is 10.1. The van der Waals surface area contributed by atoms with Crippen LogP contribution in [0.15, 0.2) is 47.4 Å². The summed E-state index contributed by atoms with van der Waals surface area (Å²) in [5, 5.41) is 0. The normalized spacial score (nSPS) is 15.3. The molecular weight excluding hydrogens is 333 g/mol. The maximum absolute atomic E-state index is 13.1. The van der Waals surface area contributed by atoms with Crippen LogP contribution in [0.5, 0.6) is 11.5 Å². The Labute approximate surface area is 140 Å². The van der Waals surface area contributed by atoms with E-state index in [-0.39, 0.29) is 10.7 Å². The van der Waals surface area contributed by atoms with Crippen molar-refractivity contribution in [2.24, 2.45) is 0 Å². The number of halogens is 1. The van der Waals surface area contributed by atoms with E-state index in [4.69, 9.17) is 9.47 Å². The minimum Gasteiger partial charge on any atom is -0.486 e. The summed E-state index contributed by atoms with van der Waals surface area (Å²) in [7, 11) is -2.23. The Morgan fingerprint density at radius 1 is 1.04 bits per heavy atom. The second-order valence-electron chi connectivity index (χ2n) is 5.55. The molecule has 1 aliphatic heterocycles. The fraction of sp³-hybridized carbons (Fsp3) is 0.294. The summed E-state index contributed by atoms with van der Waals surface area (Å²) in [5.74, 6) is 0.600. The average molecular weight is 351 g/mol. The predicted octanol–water partition coefficient (Wildman–Crippen LogP) is 2.98. The van der Waals surface area contributed by atoms with Crippen LogP contribution in [-0.4, -0.2) is 33.0 Å². The lowest BCUT2D eigenvalue weighted by Crippen LogP contribution is -2.30. The van der Waals surface area contributed by atoms with E-state index in [0.717, 1.165) is 0 Å². The van der Waals surface area contributed by atoms with Crippen LogP contribution in [0.3, 0.4) is 0 Å². The minimum absolute atomic E-state index is 0.128. The van der Waals surface area contributed by atoms with Gasteiger partial charge in [-0.3, -0.25) is 0 Å². The summed E-state index contributed by atoms with van der Waals surface area (Å²) in [6, 6.07) is 9.91. The molecule has 0 fully saturated rings. The van der Waals surface area contributed by atoms with Crippen molar-refractivity contribution >= 4 is 10.0 Å². The molecule has 0 saturated heterocycles. The molecule has 0 unspecified atom stereocenters. The van der Waals surface area contributed by atoms with Gasteiger partial charge in [-0.2, -0.15) is 4.31 Å². The van der Waals surface area contributed by atoms with E-state index in [1.807, 2.05) is 0 Å². The minimum atomic E-state index is -3.73. The summed E-state index contributed by atoms with van der Waals surface area (Å²) in [6.45, 7) is 2.59. The molecule has 2 aromatic rings. The number of hydrogen-bond acceptors (Lipinski definition) is 4. The number of nitrogens with zero attached hydrogens (tertiary/aromatic N) is 1. The molecule has 128 valence electrons. The quantitative estimate of drug-likeness (QED) is 0.850. The molecular formula is C17H18FNO4S. The molecule has 0 bridgehead atoms. The first kappa shape index (κ1) is 16.7. The standard InChI is InChI=1S/C17H18FNO4S/c1-12(13-3-5-14(18)6-4-13)19(2)24(20,21)15-7-8-16-17(11-15)23-10-9-22-16/h3-8,11-12H,9-10H2,1-2H3/t12-/m1/s1. The van der Waals surface area contributed by atoms with Crippen molar-refractivity contribution in [1.82, 2.24) is 4.31 Å². The Bertz CT molecular complexity index is 836. The third kappa shape index (κ3) is 3.09. The fourth-order valence-corrected chi connectivity index (χ4v) is 3.88. The number of ether oxygens (including phenoxy) is 2. The predicted molar refractivity (Wildman–Crippen MR) is 87.2 cm³/mol. The van der Waals surface area contributed by atoms with Gasteiger partial charge in [0.25, 0.3) is 0 Å². The zero-order valence-corrected chi connectivity index (χ0v) is 14.2. The maximum Gasteiger partial charge on any atom is 0.243 e. The summed E-state index contributed by atoms with van der Waals surface area (Å²) >= 11 is 0. The van der Waals surface area contributed by atoms with Crippen LogP contribution >= 0.6 is 0 Å². The summed E-state index contributed by atoms with van der Waals surface area (Å²) in [5.41, 5.74) is 0.708. The highest BCUT2D eigenvalue weighted by atomic mass is 32.2. The average Bonchev–Trinajstić information content (AvgIpc) is 2.60. The van der Waals surface area contributed by atoms with Crippen molar-refractivity contribution in [3.63, 3.8) is 0 Å². The number of benzene rings is 2. The highest BCUT2D eigenvalue weighted by Crippen LogP contribution is 2.34. The van der Waals surface area contributed by atoms with Gasteiger partial charge in [0.2, 0.25) is 10.0 Å². The summed E-state index contributed by atoms with van der Waals surface area (Å²) in [4.78, 5) is 0.128. The van der Waals surface area contributed by atoms with E-state index in [2.05, 4.69) is 0 Å². The van der Waals surface area contributed by atoms with Gasteiger partial charge in [0.15, 0.2) is 11.5 Å². The van der Waals surface area contributed by atoms with E-state index in [1.54, 1.807) is 25.1 Å². The van der Waals surface area contributed by atoms with Gasteiger partial charge < -0.3 is 9.47 Å². The molecule has 0 amide bonds. The molecule has 0 aromatic heterocycles. The SMILES string of the molecule is C[C@H](c1ccc(F)cc1)N(C)S(=O)(=O)c1ccc2c(c1)OCCO2. The fourth-order valence-electron chi connectivity index (χ4n) is 2.51. The summed E-state index contributed by atoms with van der Waals surface area (Å²) in [6.07, 6.45) is 0. The Morgan fingerprint density at radius 3 is 2.33 bits per heavy atom. The van der Waals surface area contributed by atoms with Gasteiger partial charge in [0.1, 0.15) is 19.0 Å². The zero-order valence-electron chi connectivity index (χ0n) is 13.4. The van der Waals surface area contributed by atoms with Gasteiger partial charge >= 0.3 is 0 Å². The maximum atomic E-state index is 13.1. The Morgan fingerprint density at radius 2 is 1.67 bits per heavy atom. The Kier molecular flexibility index (Phi) is 4.47. The monoisotopic (exact) mass is 351 g/mol. The molecule has 1 atom stereocenters. The Balaban J connectivity index is 1.90. The van der Waals surface area contributed by atoms with Crippen molar-refractivity contribution in [2.45, 2.75) is 17.9 Å². The van der Waals surface area contributed by atoms with Gasteiger partial charge in [-0.15, -0.1) is 0 Å². The number of fused-ring (bicyclic) bond motifs is 1. The summed E-state index contributed by atoms with van der Waals surface area (Å²) < 4.78 is 50.9. The smallest absolute Gasteiger partial charge is 0.243 e. The molecule has 0 saturated carbocycles. The van der Waals surface area contributed by atoms with Crippen LogP contribution in [0.1, 0.15) is 18.5 Å². The van der Waals surface area contributed by atoms with E-state index in [0.29, 0.717) is 30.3 Å². The lowest BCUT2D eigenvalue weighted by molar-refractivity contribution is 0.171. The molecule has 2 aromatic carbocycles. The van der Waals surface area contributed by atoms with Crippen LogP contribution in [0.2, 0.25) is 0 Å². The van der Waals surface area contributed by atoms with Crippen molar-refractivity contribution in [3.05, 3.63) is 53.8 Å². The molecule has 3 rings (SSSR count). The largest absolute Gasteiger partial charge is 0.486 e.